The highest BCUT2D eigenvalue weighted by Gasteiger charge is 2.11. The van der Waals surface area contributed by atoms with Gasteiger partial charge in [0.15, 0.2) is 0 Å². The predicted octanol–water partition coefficient (Wildman–Crippen LogP) is 2.11. The molecule has 1 aliphatic rings. The number of carbonyl (C=O) groups is 1. The maximum Gasteiger partial charge on any atom is 0.328 e. The summed E-state index contributed by atoms with van der Waals surface area (Å²) >= 11 is 0. The molecule has 1 aromatic rings. The first-order valence-corrected chi connectivity index (χ1v) is 7.51. The van der Waals surface area contributed by atoms with E-state index in [2.05, 4.69) is 4.90 Å². The molecule has 22 heavy (non-hydrogen) atoms. The second-order valence-electron chi connectivity index (χ2n) is 5.47. The summed E-state index contributed by atoms with van der Waals surface area (Å²) in [6, 6.07) is 3.98. The highest BCUT2D eigenvalue weighted by atomic mass is 16.5. The van der Waals surface area contributed by atoms with Gasteiger partial charge in [-0.25, -0.2) is 4.79 Å². The van der Waals surface area contributed by atoms with Gasteiger partial charge in [0.25, 0.3) is 0 Å². The summed E-state index contributed by atoms with van der Waals surface area (Å²) in [5, 5.41) is 8.81. The number of carboxylic acids is 1. The molecule has 1 fully saturated rings. The second kappa shape index (κ2) is 7.96. The van der Waals surface area contributed by atoms with Crippen LogP contribution in [0.2, 0.25) is 0 Å². The van der Waals surface area contributed by atoms with Gasteiger partial charge in [-0.3, -0.25) is 4.90 Å². The largest absolute Gasteiger partial charge is 0.492 e. The van der Waals surface area contributed by atoms with E-state index < -0.39 is 5.97 Å². The second-order valence-corrected chi connectivity index (χ2v) is 5.47. The van der Waals surface area contributed by atoms with Gasteiger partial charge in [-0.05, 0) is 37.1 Å². The van der Waals surface area contributed by atoms with Crippen LogP contribution in [0.5, 0.6) is 5.75 Å². The Morgan fingerprint density at radius 2 is 2.09 bits per heavy atom. The Kier molecular flexibility index (Phi) is 5.98. The number of carboxylic acid groups (broad SMARTS) is 1. The summed E-state index contributed by atoms with van der Waals surface area (Å²) in [5.74, 6) is -0.220. The average molecular weight is 305 g/mol. The molecule has 1 saturated heterocycles. The van der Waals surface area contributed by atoms with Crippen molar-refractivity contribution in [2.45, 2.75) is 13.8 Å². The fourth-order valence-electron chi connectivity index (χ4n) is 2.54. The van der Waals surface area contributed by atoms with Crippen LogP contribution in [-0.4, -0.2) is 55.4 Å². The maximum atomic E-state index is 10.7. The van der Waals surface area contributed by atoms with Crippen LogP contribution >= 0.6 is 0 Å². The Bertz CT molecular complexity index is 548. The molecule has 1 heterocycles. The molecule has 0 aromatic heterocycles. The van der Waals surface area contributed by atoms with Crippen LogP contribution in [0.25, 0.3) is 6.08 Å². The third-order valence-electron chi connectivity index (χ3n) is 3.65. The minimum atomic E-state index is -0.959. The smallest absolute Gasteiger partial charge is 0.328 e. The van der Waals surface area contributed by atoms with Gasteiger partial charge >= 0.3 is 5.97 Å². The zero-order chi connectivity index (χ0) is 15.9. The van der Waals surface area contributed by atoms with Gasteiger partial charge in [-0.1, -0.05) is 6.07 Å². The van der Waals surface area contributed by atoms with Crippen LogP contribution in [0, 0.1) is 13.8 Å². The number of ether oxygens (including phenoxy) is 2. The lowest BCUT2D eigenvalue weighted by Crippen LogP contribution is -2.38. The molecule has 0 saturated carbocycles. The average Bonchev–Trinajstić information content (AvgIpc) is 2.47. The van der Waals surface area contributed by atoms with Crippen LogP contribution in [0.15, 0.2) is 18.2 Å². The first kappa shape index (κ1) is 16.5. The van der Waals surface area contributed by atoms with E-state index in [-0.39, 0.29) is 0 Å². The minimum Gasteiger partial charge on any atom is -0.492 e. The lowest BCUT2D eigenvalue weighted by atomic mass is 10.0. The fraction of sp³-hybridized carbons (Fsp3) is 0.471. The molecule has 0 bridgehead atoms. The third-order valence-corrected chi connectivity index (χ3v) is 3.65. The molecule has 0 atom stereocenters. The van der Waals surface area contributed by atoms with Crippen molar-refractivity contribution in [2.24, 2.45) is 0 Å². The SMILES string of the molecule is Cc1cc(C)c(/C=C/C(=O)O)c(OCCN2CCOCC2)c1. The topological polar surface area (TPSA) is 59.0 Å². The molecule has 0 spiro atoms. The lowest BCUT2D eigenvalue weighted by molar-refractivity contribution is -0.131. The Hall–Kier alpha value is -1.85. The van der Waals surface area contributed by atoms with Gasteiger partial charge < -0.3 is 14.6 Å². The zero-order valence-electron chi connectivity index (χ0n) is 13.2. The number of nitrogens with zero attached hydrogens (tertiary/aromatic N) is 1. The number of aryl methyl sites for hydroxylation is 2. The maximum absolute atomic E-state index is 10.7. The number of morpholine rings is 1. The number of hydrogen-bond donors (Lipinski definition) is 1. The van der Waals surface area contributed by atoms with Crippen LogP contribution < -0.4 is 4.74 Å². The quantitative estimate of drug-likeness (QED) is 0.816. The summed E-state index contributed by atoms with van der Waals surface area (Å²) in [4.78, 5) is 13.0. The van der Waals surface area contributed by atoms with E-state index in [4.69, 9.17) is 14.6 Å². The fourth-order valence-corrected chi connectivity index (χ4v) is 2.54. The van der Waals surface area contributed by atoms with Crippen molar-refractivity contribution < 1.29 is 19.4 Å². The Labute approximate surface area is 131 Å². The summed E-state index contributed by atoms with van der Waals surface area (Å²) < 4.78 is 11.2. The molecule has 0 radical (unpaired) electrons. The van der Waals surface area contributed by atoms with Crippen molar-refractivity contribution in [3.8, 4) is 5.75 Å². The van der Waals surface area contributed by atoms with Gasteiger partial charge in [-0.15, -0.1) is 0 Å². The van der Waals surface area contributed by atoms with E-state index in [1.165, 1.54) is 0 Å². The number of aliphatic carboxylic acids is 1. The Morgan fingerprint density at radius 3 is 2.77 bits per heavy atom. The van der Waals surface area contributed by atoms with Crippen molar-refractivity contribution >= 4 is 12.0 Å². The molecule has 5 heteroatoms. The molecule has 120 valence electrons. The van der Waals surface area contributed by atoms with E-state index in [0.29, 0.717) is 6.61 Å². The van der Waals surface area contributed by atoms with Gasteiger partial charge in [0.2, 0.25) is 0 Å². The van der Waals surface area contributed by atoms with E-state index in [0.717, 1.165) is 61.4 Å². The molecule has 0 amide bonds. The van der Waals surface area contributed by atoms with Crippen molar-refractivity contribution in [3.05, 3.63) is 34.9 Å². The van der Waals surface area contributed by atoms with E-state index in [1.807, 2.05) is 26.0 Å². The predicted molar refractivity (Wildman–Crippen MR) is 85.3 cm³/mol. The monoisotopic (exact) mass is 305 g/mol. The number of hydrogen-bond acceptors (Lipinski definition) is 4. The highest BCUT2D eigenvalue weighted by molar-refractivity contribution is 5.86. The Balaban J connectivity index is 2.03. The molecule has 5 nitrogen and oxygen atoms in total. The normalized spacial score (nSPS) is 16.1. The highest BCUT2D eigenvalue weighted by Crippen LogP contribution is 2.26. The van der Waals surface area contributed by atoms with Gasteiger partial charge in [-0.2, -0.15) is 0 Å². The van der Waals surface area contributed by atoms with Crippen molar-refractivity contribution in [1.29, 1.82) is 0 Å². The molecule has 1 aromatic carbocycles. The lowest BCUT2D eigenvalue weighted by Gasteiger charge is -2.26. The summed E-state index contributed by atoms with van der Waals surface area (Å²) in [7, 11) is 0. The summed E-state index contributed by atoms with van der Waals surface area (Å²) in [6.07, 6.45) is 2.74. The molecule has 0 aliphatic carbocycles. The molecular weight excluding hydrogens is 282 g/mol. The third kappa shape index (κ3) is 4.86. The van der Waals surface area contributed by atoms with Crippen LogP contribution in [0.4, 0.5) is 0 Å². The molecule has 2 rings (SSSR count). The van der Waals surface area contributed by atoms with E-state index >= 15 is 0 Å². The minimum absolute atomic E-state index is 0.580. The van der Waals surface area contributed by atoms with Crippen LogP contribution in [-0.2, 0) is 9.53 Å². The van der Waals surface area contributed by atoms with Gasteiger partial charge in [0, 0.05) is 31.3 Å². The van der Waals surface area contributed by atoms with Crippen molar-refractivity contribution in [2.75, 3.05) is 39.5 Å². The molecule has 1 N–H and O–H groups in total. The summed E-state index contributed by atoms with van der Waals surface area (Å²) in [6.45, 7) is 8.81. The first-order valence-electron chi connectivity index (χ1n) is 7.51. The first-order chi connectivity index (χ1) is 10.6. The number of rotatable bonds is 6. The van der Waals surface area contributed by atoms with Crippen molar-refractivity contribution in [1.82, 2.24) is 4.90 Å². The molecule has 0 unspecified atom stereocenters. The summed E-state index contributed by atoms with van der Waals surface area (Å²) in [5.41, 5.74) is 2.94. The Morgan fingerprint density at radius 1 is 1.36 bits per heavy atom. The molecule has 1 aliphatic heterocycles. The molecular formula is C17H23NO4. The van der Waals surface area contributed by atoms with Gasteiger partial charge in [0.1, 0.15) is 12.4 Å². The van der Waals surface area contributed by atoms with Gasteiger partial charge in [0.05, 0.1) is 13.2 Å². The van der Waals surface area contributed by atoms with Crippen molar-refractivity contribution in [3.63, 3.8) is 0 Å². The van der Waals surface area contributed by atoms with E-state index in [9.17, 15) is 4.79 Å². The number of benzene rings is 1. The zero-order valence-corrected chi connectivity index (χ0v) is 13.2. The van der Waals surface area contributed by atoms with Crippen LogP contribution in [0.1, 0.15) is 16.7 Å². The van der Waals surface area contributed by atoms with E-state index in [1.54, 1.807) is 6.08 Å². The standard InChI is InChI=1S/C17H23NO4/c1-13-11-14(2)15(3-4-17(19)20)16(12-13)22-10-7-18-5-8-21-9-6-18/h3-4,11-12H,5-10H2,1-2H3,(H,19,20)/b4-3+. The van der Waals surface area contributed by atoms with Crippen LogP contribution in [0.3, 0.4) is 0 Å².